The SMILES string of the molecule is Cc1ccc(S(=O)(=O)NCC(O)c2ccc3c(c2)CCN3C)cc1Cl. The average molecular weight is 381 g/mol. The first-order valence-corrected chi connectivity index (χ1v) is 9.92. The van der Waals surface area contributed by atoms with Crippen molar-refractivity contribution in [2.24, 2.45) is 0 Å². The van der Waals surface area contributed by atoms with Crippen LogP contribution in [-0.2, 0) is 16.4 Å². The zero-order valence-electron chi connectivity index (χ0n) is 14.2. The van der Waals surface area contributed by atoms with Crippen molar-refractivity contribution in [2.75, 3.05) is 25.0 Å². The number of hydrogen-bond acceptors (Lipinski definition) is 4. The molecule has 5 nitrogen and oxygen atoms in total. The van der Waals surface area contributed by atoms with Gasteiger partial charge in [0, 0.05) is 30.8 Å². The van der Waals surface area contributed by atoms with E-state index in [4.69, 9.17) is 11.6 Å². The van der Waals surface area contributed by atoms with Gasteiger partial charge in [0.25, 0.3) is 0 Å². The molecule has 0 radical (unpaired) electrons. The number of halogens is 1. The first-order valence-electron chi connectivity index (χ1n) is 8.06. The van der Waals surface area contributed by atoms with Gasteiger partial charge in [-0.25, -0.2) is 13.1 Å². The number of anilines is 1. The molecule has 1 aliphatic heterocycles. The minimum atomic E-state index is -3.73. The van der Waals surface area contributed by atoms with Crippen molar-refractivity contribution in [2.45, 2.75) is 24.3 Å². The summed E-state index contributed by atoms with van der Waals surface area (Å²) >= 11 is 6.00. The normalized spacial score (nSPS) is 15.3. The highest BCUT2D eigenvalue weighted by Crippen LogP contribution is 2.29. The van der Waals surface area contributed by atoms with Gasteiger partial charge in [0.2, 0.25) is 10.0 Å². The number of aliphatic hydroxyl groups excluding tert-OH is 1. The van der Waals surface area contributed by atoms with Gasteiger partial charge in [0.15, 0.2) is 0 Å². The Labute approximate surface area is 153 Å². The van der Waals surface area contributed by atoms with Crippen molar-refractivity contribution >= 4 is 27.3 Å². The molecule has 1 unspecified atom stereocenters. The van der Waals surface area contributed by atoms with Crippen LogP contribution in [0.2, 0.25) is 5.02 Å². The second-order valence-corrected chi connectivity index (χ2v) is 8.51. The topological polar surface area (TPSA) is 69.6 Å². The minimum absolute atomic E-state index is 0.0888. The molecule has 134 valence electrons. The lowest BCUT2D eigenvalue weighted by Crippen LogP contribution is -2.28. The zero-order chi connectivity index (χ0) is 18.2. The number of fused-ring (bicyclic) bond motifs is 1. The van der Waals surface area contributed by atoms with Crippen LogP contribution in [0.25, 0.3) is 0 Å². The van der Waals surface area contributed by atoms with Crippen molar-refractivity contribution in [3.05, 3.63) is 58.1 Å². The molecule has 0 saturated carbocycles. The summed E-state index contributed by atoms with van der Waals surface area (Å²) in [6.45, 7) is 2.67. The van der Waals surface area contributed by atoms with Crippen LogP contribution in [0.5, 0.6) is 0 Å². The maximum atomic E-state index is 12.4. The van der Waals surface area contributed by atoms with E-state index in [1.165, 1.54) is 17.7 Å². The molecule has 1 aliphatic rings. The van der Waals surface area contributed by atoms with Crippen LogP contribution >= 0.6 is 11.6 Å². The number of aliphatic hydroxyl groups is 1. The fourth-order valence-corrected chi connectivity index (χ4v) is 4.23. The van der Waals surface area contributed by atoms with Crippen molar-refractivity contribution < 1.29 is 13.5 Å². The Morgan fingerprint density at radius 2 is 2.04 bits per heavy atom. The largest absolute Gasteiger partial charge is 0.387 e. The van der Waals surface area contributed by atoms with E-state index in [-0.39, 0.29) is 11.4 Å². The van der Waals surface area contributed by atoms with E-state index in [0.29, 0.717) is 10.6 Å². The molecule has 1 atom stereocenters. The van der Waals surface area contributed by atoms with Gasteiger partial charge in [-0.2, -0.15) is 0 Å². The van der Waals surface area contributed by atoms with Gasteiger partial charge in [-0.1, -0.05) is 29.8 Å². The first-order chi connectivity index (χ1) is 11.8. The van der Waals surface area contributed by atoms with Gasteiger partial charge in [-0.3, -0.25) is 0 Å². The first kappa shape index (κ1) is 18.2. The number of benzene rings is 2. The predicted molar refractivity (Wildman–Crippen MR) is 99.8 cm³/mol. The summed E-state index contributed by atoms with van der Waals surface area (Å²) in [5.74, 6) is 0. The summed E-state index contributed by atoms with van der Waals surface area (Å²) in [7, 11) is -1.70. The quantitative estimate of drug-likeness (QED) is 0.836. The highest BCUT2D eigenvalue weighted by molar-refractivity contribution is 7.89. The van der Waals surface area contributed by atoms with Crippen LogP contribution in [-0.4, -0.2) is 33.7 Å². The third-order valence-electron chi connectivity index (χ3n) is 4.54. The number of nitrogens with one attached hydrogen (secondary N) is 1. The van der Waals surface area contributed by atoms with E-state index >= 15 is 0 Å². The number of aryl methyl sites for hydroxylation is 1. The summed E-state index contributed by atoms with van der Waals surface area (Å²) in [5, 5.41) is 10.8. The lowest BCUT2D eigenvalue weighted by atomic mass is 10.0. The zero-order valence-corrected chi connectivity index (χ0v) is 15.7. The monoisotopic (exact) mass is 380 g/mol. The Morgan fingerprint density at radius 3 is 2.76 bits per heavy atom. The summed E-state index contributed by atoms with van der Waals surface area (Å²) in [6.07, 6.45) is 0.0203. The summed E-state index contributed by atoms with van der Waals surface area (Å²) in [5.41, 5.74) is 3.85. The van der Waals surface area contributed by atoms with Crippen LogP contribution in [0.3, 0.4) is 0 Å². The number of hydrogen-bond donors (Lipinski definition) is 2. The summed E-state index contributed by atoms with van der Waals surface area (Å²) in [4.78, 5) is 2.25. The highest BCUT2D eigenvalue weighted by atomic mass is 35.5. The number of rotatable bonds is 5. The van der Waals surface area contributed by atoms with E-state index in [2.05, 4.69) is 9.62 Å². The molecule has 0 amide bonds. The summed E-state index contributed by atoms with van der Waals surface area (Å²) < 4.78 is 27.2. The van der Waals surface area contributed by atoms with Crippen molar-refractivity contribution in [1.82, 2.24) is 4.72 Å². The van der Waals surface area contributed by atoms with Crippen molar-refractivity contribution in [1.29, 1.82) is 0 Å². The molecule has 0 fully saturated rings. The van der Waals surface area contributed by atoms with E-state index < -0.39 is 16.1 Å². The van der Waals surface area contributed by atoms with E-state index in [1.54, 1.807) is 13.0 Å². The maximum Gasteiger partial charge on any atom is 0.240 e. The van der Waals surface area contributed by atoms with Crippen LogP contribution < -0.4 is 9.62 Å². The van der Waals surface area contributed by atoms with Crippen molar-refractivity contribution in [3.63, 3.8) is 0 Å². The van der Waals surface area contributed by atoms with Crippen LogP contribution in [0.1, 0.15) is 22.8 Å². The third-order valence-corrected chi connectivity index (χ3v) is 6.36. The molecule has 25 heavy (non-hydrogen) atoms. The minimum Gasteiger partial charge on any atom is -0.387 e. The molecule has 0 bridgehead atoms. The predicted octanol–water partition coefficient (Wildman–Crippen LogP) is 2.65. The lowest BCUT2D eigenvalue weighted by molar-refractivity contribution is 0.182. The molecule has 2 aromatic carbocycles. The van der Waals surface area contributed by atoms with Crippen LogP contribution in [0, 0.1) is 6.92 Å². The molecule has 0 spiro atoms. The molecule has 2 N–H and O–H groups in total. The van der Waals surface area contributed by atoms with Gasteiger partial charge in [0.05, 0.1) is 11.0 Å². The average Bonchev–Trinajstić information content (AvgIpc) is 2.95. The molecule has 3 rings (SSSR count). The molecule has 2 aromatic rings. The second-order valence-electron chi connectivity index (χ2n) is 6.34. The number of sulfonamides is 1. The molecule has 0 saturated heterocycles. The number of likely N-dealkylation sites (N-methyl/N-ethyl adjacent to an activating group) is 1. The van der Waals surface area contributed by atoms with E-state index in [0.717, 1.165) is 24.2 Å². The van der Waals surface area contributed by atoms with Gasteiger partial charge < -0.3 is 10.0 Å². The molecule has 7 heteroatoms. The standard InChI is InChI=1S/C18H21ClN2O3S/c1-12-3-5-15(10-16(12)19)25(23,24)20-11-18(22)14-4-6-17-13(9-14)7-8-21(17)2/h3-6,9-10,18,20,22H,7-8,11H2,1-2H3. The van der Waals surface area contributed by atoms with Crippen LogP contribution in [0.15, 0.2) is 41.3 Å². The molecule has 1 heterocycles. The smallest absolute Gasteiger partial charge is 0.240 e. The third kappa shape index (κ3) is 3.82. The Bertz CT molecular complexity index is 899. The van der Waals surface area contributed by atoms with Gasteiger partial charge in [-0.15, -0.1) is 0 Å². The number of nitrogens with zero attached hydrogens (tertiary/aromatic N) is 1. The Morgan fingerprint density at radius 1 is 1.28 bits per heavy atom. The van der Waals surface area contributed by atoms with Gasteiger partial charge in [-0.05, 0) is 48.2 Å². The fraction of sp³-hybridized carbons (Fsp3) is 0.333. The second kappa shape index (κ2) is 6.96. The van der Waals surface area contributed by atoms with E-state index in [9.17, 15) is 13.5 Å². The highest BCUT2D eigenvalue weighted by Gasteiger charge is 2.20. The lowest BCUT2D eigenvalue weighted by Gasteiger charge is -2.16. The molecular formula is C18H21ClN2O3S. The Hall–Kier alpha value is -1.60. The Kier molecular flexibility index (Phi) is 5.06. The van der Waals surface area contributed by atoms with E-state index in [1.807, 2.05) is 25.2 Å². The fourth-order valence-electron chi connectivity index (χ4n) is 2.92. The molecule has 0 aliphatic carbocycles. The Balaban J connectivity index is 1.71. The van der Waals surface area contributed by atoms with Crippen LogP contribution in [0.4, 0.5) is 5.69 Å². The molecular weight excluding hydrogens is 360 g/mol. The van der Waals surface area contributed by atoms with Gasteiger partial charge >= 0.3 is 0 Å². The van der Waals surface area contributed by atoms with Crippen molar-refractivity contribution in [3.8, 4) is 0 Å². The van der Waals surface area contributed by atoms with Gasteiger partial charge in [0.1, 0.15) is 0 Å². The maximum absolute atomic E-state index is 12.4. The molecule has 0 aromatic heterocycles. The summed E-state index contributed by atoms with van der Waals surface area (Å²) in [6, 6.07) is 10.3.